The molecule has 0 aromatic heterocycles. The maximum Gasteiger partial charge on any atom is 0.325 e. The highest BCUT2D eigenvalue weighted by molar-refractivity contribution is 5.80. The van der Waals surface area contributed by atoms with Crippen molar-refractivity contribution in [3.8, 4) is 0 Å². The maximum atomic E-state index is 11.3. The number of anilines is 1. The van der Waals surface area contributed by atoms with E-state index in [0.717, 1.165) is 18.5 Å². The van der Waals surface area contributed by atoms with E-state index < -0.39 is 11.5 Å². The Morgan fingerprint density at radius 2 is 2.06 bits per heavy atom. The fourth-order valence-electron chi connectivity index (χ4n) is 2.14. The highest BCUT2D eigenvalue weighted by Gasteiger charge is 2.48. The van der Waals surface area contributed by atoms with Gasteiger partial charge in [0, 0.05) is 19.3 Å². The number of para-hydroxylation sites is 1. The lowest BCUT2D eigenvalue weighted by atomic mass is 9.94. The molecule has 1 aromatic carbocycles. The van der Waals surface area contributed by atoms with Crippen LogP contribution in [0.3, 0.4) is 0 Å². The average Bonchev–Trinajstić information content (AvgIpc) is 3.13. The number of hydrogen-bond acceptors (Lipinski definition) is 3. The van der Waals surface area contributed by atoms with Crippen molar-refractivity contribution >= 4 is 11.7 Å². The summed E-state index contributed by atoms with van der Waals surface area (Å²) in [5.41, 5.74) is 5.91. The molecule has 4 nitrogen and oxygen atoms in total. The van der Waals surface area contributed by atoms with Gasteiger partial charge in [0.2, 0.25) is 0 Å². The number of carboxylic acid groups (broad SMARTS) is 1. The lowest BCUT2D eigenvalue weighted by Gasteiger charge is -2.31. The number of nitrogens with two attached hydrogens (primary N) is 1. The van der Waals surface area contributed by atoms with Crippen molar-refractivity contribution in [3.63, 3.8) is 0 Å². The van der Waals surface area contributed by atoms with Crippen LogP contribution in [0.4, 0.5) is 5.69 Å². The van der Waals surface area contributed by atoms with E-state index in [2.05, 4.69) is 0 Å². The zero-order valence-corrected chi connectivity index (χ0v) is 9.97. The van der Waals surface area contributed by atoms with E-state index >= 15 is 0 Å². The predicted octanol–water partition coefficient (Wildman–Crippen LogP) is 1.31. The molecule has 0 heterocycles. The number of aliphatic carboxylic acids is 1. The van der Waals surface area contributed by atoms with E-state index in [-0.39, 0.29) is 5.92 Å². The molecule has 17 heavy (non-hydrogen) atoms. The predicted molar refractivity (Wildman–Crippen MR) is 67.0 cm³/mol. The summed E-state index contributed by atoms with van der Waals surface area (Å²) in [6.45, 7) is 0.344. The van der Waals surface area contributed by atoms with Crippen molar-refractivity contribution in [2.24, 2.45) is 11.7 Å². The van der Waals surface area contributed by atoms with Gasteiger partial charge in [0.05, 0.1) is 0 Å². The molecule has 1 fully saturated rings. The number of benzene rings is 1. The quantitative estimate of drug-likeness (QED) is 0.806. The Morgan fingerprint density at radius 1 is 1.47 bits per heavy atom. The molecule has 1 aliphatic rings. The second-order valence-corrected chi connectivity index (χ2v) is 4.81. The standard InChI is InChI=1S/C13H18N2O2/c1-15(11-5-3-2-4-6-11)9-13(14,12(16)17)10-7-8-10/h2-6,10H,7-9,14H2,1H3,(H,16,17). The second-order valence-electron chi connectivity index (χ2n) is 4.81. The molecule has 0 spiro atoms. The summed E-state index contributed by atoms with van der Waals surface area (Å²) in [6.07, 6.45) is 1.84. The Hall–Kier alpha value is -1.55. The zero-order chi connectivity index (χ0) is 12.5. The smallest absolute Gasteiger partial charge is 0.325 e. The van der Waals surface area contributed by atoms with E-state index in [9.17, 15) is 9.90 Å². The summed E-state index contributed by atoms with van der Waals surface area (Å²) in [4.78, 5) is 13.2. The van der Waals surface area contributed by atoms with Crippen LogP contribution in [-0.2, 0) is 4.79 Å². The van der Waals surface area contributed by atoms with E-state index in [1.54, 1.807) is 0 Å². The van der Waals surface area contributed by atoms with E-state index in [1.165, 1.54) is 0 Å². The van der Waals surface area contributed by atoms with Gasteiger partial charge in [-0.15, -0.1) is 0 Å². The van der Waals surface area contributed by atoms with Gasteiger partial charge in [-0.1, -0.05) is 18.2 Å². The fraction of sp³-hybridized carbons (Fsp3) is 0.462. The van der Waals surface area contributed by atoms with Crippen LogP contribution in [0.5, 0.6) is 0 Å². The molecule has 1 aliphatic carbocycles. The largest absolute Gasteiger partial charge is 0.480 e. The Morgan fingerprint density at radius 3 is 2.53 bits per heavy atom. The SMILES string of the molecule is CN(CC(N)(C(=O)O)C1CC1)c1ccccc1. The molecule has 1 saturated carbocycles. The third-order valence-electron chi connectivity index (χ3n) is 3.40. The van der Waals surface area contributed by atoms with Crippen LogP contribution >= 0.6 is 0 Å². The van der Waals surface area contributed by atoms with Crippen LogP contribution in [-0.4, -0.2) is 30.2 Å². The number of carboxylic acids is 1. The number of rotatable bonds is 5. The second kappa shape index (κ2) is 4.37. The van der Waals surface area contributed by atoms with E-state index in [4.69, 9.17) is 5.73 Å². The lowest BCUT2D eigenvalue weighted by Crippen LogP contribution is -2.57. The zero-order valence-electron chi connectivity index (χ0n) is 9.97. The number of hydrogen-bond donors (Lipinski definition) is 2. The molecule has 3 N–H and O–H groups in total. The van der Waals surface area contributed by atoms with Gasteiger partial charge in [-0.3, -0.25) is 4.79 Å². The molecule has 92 valence electrons. The number of likely N-dealkylation sites (N-methyl/N-ethyl adjacent to an activating group) is 1. The minimum absolute atomic E-state index is 0.117. The molecule has 0 aliphatic heterocycles. The molecule has 1 atom stereocenters. The van der Waals surface area contributed by atoms with Crippen LogP contribution in [0.15, 0.2) is 30.3 Å². The molecule has 0 radical (unpaired) electrons. The minimum Gasteiger partial charge on any atom is -0.480 e. The van der Waals surface area contributed by atoms with Gasteiger partial charge in [-0.25, -0.2) is 0 Å². The average molecular weight is 234 g/mol. The first-order chi connectivity index (χ1) is 8.04. The van der Waals surface area contributed by atoms with Gasteiger partial charge in [-0.2, -0.15) is 0 Å². The van der Waals surface area contributed by atoms with Gasteiger partial charge in [0.1, 0.15) is 5.54 Å². The molecular formula is C13H18N2O2. The van der Waals surface area contributed by atoms with Crippen LogP contribution in [0.2, 0.25) is 0 Å². The third kappa shape index (κ3) is 2.42. The highest BCUT2D eigenvalue weighted by Crippen LogP contribution is 2.39. The third-order valence-corrected chi connectivity index (χ3v) is 3.40. The van der Waals surface area contributed by atoms with Crippen LogP contribution in [0.25, 0.3) is 0 Å². The molecule has 4 heteroatoms. The summed E-state index contributed by atoms with van der Waals surface area (Å²) >= 11 is 0. The summed E-state index contributed by atoms with van der Waals surface area (Å²) < 4.78 is 0. The van der Waals surface area contributed by atoms with E-state index in [1.807, 2.05) is 42.3 Å². The van der Waals surface area contributed by atoms with Crippen molar-refractivity contribution < 1.29 is 9.90 Å². The van der Waals surface area contributed by atoms with Crippen LogP contribution < -0.4 is 10.6 Å². The molecule has 2 rings (SSSR count). The highest BCUT2D eigenvalue weighted by atomic mass is 16.4. The van der Waals surface area contributed by atoms with Crippen molar-refractivity contribution in [2.75, 3.05) is 18.5 Å². The first kappa shape index (κ1) is 11.9. The van der Waals surface area contributed by atoms with Gasteiger partial charge >= 0.3 is 5.97 Å². The van der Waals surface area contributed by atoms with Gasteiger partial charge in [0.15, 0.2) is 0 Å². The molecule has 0 bridgehead atoms. The monoisotopic (exact) mass is 234 g/mol. The summed E-state index contributed by atoms with van der Waals surface area (Å²) in [5.74, 6) is -0.783. The van der Waals surface area contributed by atoms with Crippen LogP contribution in [0.1, 0.15) is 12.8 Å². The van der Waals surface area contributed by atoms with Gasteiger partial charge in [0.25, 0.3) is 0 Å². The lowest BCUT2D eigenvalue weighted by molar-refractivity contribution is -0.143. The maximum absolute atomic E-state index is 11.3. The van der Waals surface area contributed by atoms with Crippen molar-refractivity contribution in [1.82, 2.24) is 0 Å². The Kier molecular flexibility index (Phi) is 3.07. The first-order valence-electron chi connectivity index (χ1n) is 5.82. The Labute approximate surface area is 101 Å². The van der Waals surface area contributed by atoms with Crippen molar-refractivity contribution in [1.29, 1.82) is 0 Å². The summed E-state index contributed by atoms with van der Waals surface area (Å²) in [7, 11) is 1.88. The molecular weight excluding hydrogens is 216 g/mol. The molecule has 0 saturated heterocycles. The Balaban J connectivity index is 2.11. The Bertz CT molecular complexity index is 403. The number of nitrogens with zero attached hydrogens (tertiary/aromatic N) is 1. The van der Waals surface area contributed by atoms with Crippen molar-refractivity contribution in [2.45, 2.75) is 18.4 Å². The van der Waals surface area contributed by atoms with Gasteiger partial charge < -0.3 is 15.7 Å². The van der Waals surface area contributed by atoms with E-state index in [0.29, 0.717) is 6.54 Å². The molecule has 0 amide bonds. The normalized spacial score (nSPS) is 18.5. The topological polar surface area (TPSA) is 66.6 Å². The van der Waals surface area contributed by atoms with Crippen LogP contribution in [0, 0.1) is 5.92 Å². The minimum atomic E-state index is -1.12. The first-order valence-corrected chi connectivity index (χ1v) is 5.82. The summed E-state index contributed by atoms with van der Waals surface area (Å²) in [5, 5.41) is 9.29. The molecule has 1 unspecified atom stereocenters. The molecule has 1 aromatic rings. The van der Waals surface area contributed by atoms with Crippen molar-refractivity contribution in [3.05, 3.63) is 30.3 Å². The van der Waals surface area contributed by atoms with Gasteiger partial charge in [-0.05, 0) is 30.9 Å². The fourth-order valence-corrected chi connectivity index (χ4v) is 2.14. The summed E-state index contributed by atoms with van der Waals surface area (Å²) in [6, 6.07) is 9.71. The number of carbonyl (C=O) groups is 1.